The summed E-state index contributed by atoms with van der Waals surface area (Å²) >= 11 is 3.60. The molecule has 0 aliphatic carbocycles. The second-order valence-electron chi connectivity index (χ2n) is 4.76. The van der Waals surface area contributed by atoms with Gasteiger partial charge in [-0.15, -0.1) is 0 Å². The third-order valence-corrected chi connectivity index (χ3v) is 3.94. The van der Waals surface area contributed by atoms with Gasteiger partial charge in [-0.05, 0) is 48.6 Å². The molecule has 1 atom stereocenters. The Kier molecular flexibility index (Phi) is 4.20. The van der Waals surface area contributed by atoms with Crippen LogP contribution in [0.15, 0.2) is 46.9 Å². The Bertz CT molecular complexity index is 549. The molecule has 2 rings (SSSR count). The monoisotopic (exact) mass is 303 g/mol. The van der Waals surface area contributed by atoms with Crippen LogP contribution >= 0.6 is 15.9 Å². The molecule has 2 aromatic carbocycles. The predicted molar refractivity (Wildman–Crippen MR) is 80.7 cm³/mol. The minimum Gasteiger partial charge on any atom is -0.324 e. The number of aryl methyl sites for hydroxylation is 2. The van der Waals surface area contributed by atoms with Gasteiger partial charge in [0, 0.05) is 10.5 Å². The van der Waals surface area contributed by atoms with Crippen LogP contribution in [0.4, 0.5) is 0 Å². The molecular formula is C16H18BrN. The van der Waals surface area contributed by atoms with Crippen molar-refractivity contribution in [2.24, 2.45) is 5.73 Å². The van der Waals surface area contributed by atoms with E-state index in [1.807, 2.05) is 0 Å². The maximum Gasteiger partial charge on any atom is 0.0347 e. The van der Waals surface area contributed by atoms with Gasteiger partial charge in [-0.25, -0.2) is 0 Å². The van der Waals surface area contributed by atoms with Gasteiger partial charge in [-0.3, -0.25) is 0 Å². The second-order valence-corrected chi connectivity index (χ2v) is 5.62. The first-order valence-electron chi connectivity index (χ1n) is 6.14. The van der Waals surface area contributed by atoms with Gasteiger partial charge >= 0.3 is 0 Å². The molecule has 0 aliphatic rings. The van der Waals surface area contributed by atoms with E-state index in [0.29, 0.717) is 0 Å². The first-order chi connectivity index (χ1) is 8.58. The van der Waals surface area contributed by atoms with Crippen LogP contribution in [0.2, 0.25) is 0 Å². The molecule has 0 heterocycles. The summed E-state index contributed by atoms with van der Waals surface area (Å²) in [6.07, 6.45) is 0.869. The Labute approximate surface area is 117 Å². The van der Waals surface area contributed by atoms with Gasteiger partial charge in [0.1, 0.15) is 0 Å². The maximum absolute atomic E-state index is 6.32. The van der Waals surface area contributed by atoms with E-state index in [1.165, 1.54) is 22.3 Å². The minimum absolute atomic E-state index is 0.0288. The van der Waals surface area contributed by atoms with E-state index < -0.39 is 0 Å². The van der Waals surface area contributed by atoms with E-state index in [0.717, 1.165) is 10.9 Å². The van der Waals surface area contributed by atoms with Crippen LogP contribution in [-0.2, 0) is 6.42 Å². The molecule has 94 valence electrons. The summed E-state index contributed by atoms with van der Waals surface area (Å²) in [7, 11) is 0. The summed E-state index contributed by atoms with van der Waals surface area (Å²) in [6, 6.07) is 14.8. The van der Waals surface area contributed by atoms with E-state index in [9.17, 15) is 0 Å². The van der Waals surface area contributed by atoms with Gasteiger partial charge in [-0.2, -0.15) is 0 Å². The second kappa shape index (κ2) is 5.68. The zero-order valence-corrected chi connectivity index (χ0v) is 12.4. The summed E-state index contributed by atoms with van der Waals surface area (Å²) in [4.78, 5) is 0. The zero-order valence-electron chi connectivity index (χ0n) is 10.8. The number of nitrogens with two attached hydrogens (primary N) is 1. The topological polar surface area (TPSA) is 26.0 Å². The fraction of sp³-hybridized carbons (Fsp3) is 0.250. The average molecular weight is 304 g/mol. The molecule has 0 fully saturated rings. The van der Waals surface area contributed by atoms with Crippen molar-refractivity contribution in [1.29, 1.82) is 0 Å². The molecule has 0 saturated heterocycles. The Morgan fingerprint density at radius 1 is 1.11 bits per heavy atom. The average Bonchev–Trinajstić information content (AvgIpc) is 2.32. The largest absolute Gasteiger partial charge is 0.324 e. The highest BCUT2D eigenvalue weighted by atomic mass is 79.9. The molecule has 0 bridgehead atoms. The Morgan fingerprint density at radius 3 is 2.50 bits per heavy atom. The molecule has 18 heavy (non-hydrogen) atoms. The highest BCUT2D eigenvalue weighted by molar-refractivity contribution is 9.10. The fourth-order valence-electron chi connectivity index (χ4n) is 2.12. The van der Waals surface area contributed by atoms with Crippen molar-refractivity contribution < 1.29 is 0 Å². The van der Waals surface area contributed by atoms with Crippen molar-refractivity contribution in [1.82, 2.24) is 0 Å². The van der Waals surface area contributed by atoms with Crippen molar-refractivity contribution in [3.05, 3.63) is 69.2 Å². The van der Waals surface area contributed by atoms with Gasteiger partial charge in [0.25, 0.3) is 0 Å². The van der Waals surface area contributed by atoms with E-state index in [-0.39, 0.29) is 6.04 Å². The quantitative estimate of drug-likeness (QED) is 0.898. The molecule has 1 nitrogen and oxygen atoms in total. The number of rotatable bonds is 3. The van der Waals surface area contributed by atoms with Crippen molar-refractivity contribution in [3.63, 3.8) is 0 Å². The molecule has 0 spiro atoms. The summed E-state index contributed by atoms with van der Waals surface area (Å²) in [5.41, 5.74) is 11.4. The molecule has 1 unspecified atom stereocenters. The number of benzene rings is 2. The van der Waals surface area contributed by atoms with Gasteiger partial charge in [0.2, 0.25) is 0 Å². The van der Waals surface area contributed by atoms with Crippen molar-refractivity contribution in [2.45, 2.75) is 26.3 Å². The van der Waals surface area contributed by atoms with Crippen molar-refractivity contribution >= 4 is 15.9 Å². The normalized spacial score (nSPS) is 12.4. The molecule has 0 radical (unpaired) electrons. The first-order valence-corrected chi connectivity index (χ1v) is 6.93. The molecular weight excluding hydrogens is 286 g/mol. The molecule has 0 aliphatic heterocycles. The van der Waals surface area contributed by atoms with E-state index in [4.69, 9.17) is 5.73 Å². The van der Waals surface area contributed by atoms with Crippen LogP contribution in [0.25, 0.3) is 0 Å². The molecule has 0 saturated carbocycles. The van der Waals surface area contributed by atoms with E-state index in [1.54, 1.807) is 0 Å². The Morgan fingerprint density at radius 2 is 1.83 bits per heavy atom. The van der Waals surface area contributed by atoms with Crippen LogP contribution < -0.4 is 5.73 Å². The van der Waals surface area contributed by atoms with Gasteiger partial charge in [0.05, 0.1) is 0 Å². The first kappa shape index (κ1) is 13.3. The van der Waals surface area contributed by atoms with Crippen LogP contribution in [0.3, 0.4) is 0 Å². The summed E-state index contributed by atoms with van der Waals surface area (Å²) in [6.45, 7) is 4.22. The smallest absolute Gasteiger partial charge is 0.0347 e. The zero-order chi connectivity index (χ0) is 13.1. The lowest BCUT2D eigenvalue weighted by Gasteiger charge is -2.16. The van der Waals surface area contributed by atoms with Crippen molar-refractivity contribution in [2.75, 3.05) is 0 Å². The predicted octanol–water partition coefficient (Wildman–Crippen LogP) is 4.31. The maximum atomic E-state index is 6.32. The van der Waals surface area contributed by atoms with Gasteiger partial charge in [-0.1, -0.05) is 52.3 Å². The standard InChI is InChI=1S/C16H18BrN/c1-11-7-8-14(15(17)9-11)16(18)10-13-6-4-3-5-12(13)2/h3-9,16H,10,18H2,1-2H3. The lowest BCUT2D eigenvalue weighted by Crippen LogP contribution is -2.14. The molecule has 2 N–H and O–H groups in total. The molecule has 2 heteroatoms. The molecule has 0 aromatic heterocycles. The summed E-state index contributed by atoms with van der Waals surface area (Å²) in [5.74, 6) is 0. The van der Waals surface area contributed by atoms with E-state index in [2.05, 4.69) is 72.2 Å². The van der Waals surface area contributed by atoms with Crippen LogP contribution in [0.1, 0.15) is 28.3 Å². The number of hydrogen-bond acceptors (Lipinski definition) is 1. The summed E-state index contributed by atoms with van der Waals surface area (Å²) in [5, 5.41) is 0. The minimum atomic E-state index is 0.0288. The van der Waals surface area contributed by atoms with Crippen LogP contribution in [0.5, 0.6) is 0 Å². The fourth-order valence-corrected chi connectivity index (χ4v) is 2.91. The van der Waals surface area contributed by atoms with Crippen molar-refractivity contribution in [3.8, 4) is 0 Å². The Hall–Kier alpha value is -1.12. The summed E-state index contributed by atoms with van der Waals surface area (Å²) < 4.78 is 1.10. The third-order valence-electron chi connectivity index (χ3n) is 3.26. The molecule has 0 amide bonds. The number of halogens is 1. The number of hydrogen-bond donors (Lipinski definition) is 1. The molecule has 2 aromatic rings. The van der Waals surface area contributed by atoms with Gasteiger partial charge < -0.3 is 5.73 Å². The van der Waals surface area contributed by atoms with E-state index >= 15 is 0 Å². The highest BCUT2D eigenvalue weighted by Gasteiger charge is 2.11. The Balaban J connectivity index is 2.22. The lowest BCUT2D eigenvalue weighted by molar-refractivity contribution is 0.715. The van der Waals surface area contributed by atoms with Crippen LogP contribution in [-0.4, -0.2) is 0 Å². The highest BCUT2D eigenvalue weighted by Crippen LogP contribution is 2.26. The lowest BCUT2D eigenvalue weighted by atomic mass is 9.96. The third kappa shape index (κ3) is 3.01. The van der Waals surface area contributed by atoms with Gasteiger partial charge in [0.15, 0.2) is 0 Å². The van der Waals surface area contributed by atoms with Crippen LogP contribution in [0, 0.1) is 13.8 Å². The SMILES string of the molecule is Cc1ccc(C(N)Cc2ccccc2C)c(Br)c1.